The Kier molecular flexibility index (Phi) is 4.54. The van der Waals surface area contributed by atoms with Gasteiger partial charge in [-0.25, -0.2) is 0 Å². The summed E-state index contributed by atoms with van der Waals surface area (Å²) >= 11 is 0. The monoisotopic (exact) mass is 277 g/mol. The second kappa shape index (κ2) is 6.55. The van der Waals surface area contributed by atoms with Crippen LogP contribution in [-0.4, -0.2) is 27.9 Å². The third-order valence-corrected chi connectivity index (χ3v) is 2.54. The van der Waals surface area contributed by atoms with Crippen LogP contribution in [0.4, 0.5) is 5.82 Å². The molecule has 2 rings (SSSR count). The van der Waals surface area contributed by atoms with Crippen molar-refractivity contribution in [3.05, 3.63) is 46.6 Å². The van der Waals surface area contributed by atoms with Gasteiger partial charge in [-0.1, -0.05) is 12.1 Å². The van der Waals surface area contributed by atoms with E-state index in [-0.39, 0.29) is 5.82 Å². The van der Waals surface area contributed by atoms with Crippen molar-refractivity contribution in [2.45, 2.75) is 13.5 Å². The van der Waals surface area contributed by atoms with E-state index in [0.717, 1.165) is 0 Å². The zero-order valence-corrected chi connectivity index (χ0v) is 11.1. The van der Waals surface area contributed by atoms with Gasteiger partial charge in [0, 0.05) is 0 Å². The number of rotatable bonds is 7. The van der Waals surface area contributed by atoms with Crippen LogP contribution in [0.3, 0.4) is 0 Å². The standard InChI is InChI=1S/C13H15N3O4/c1-2-19-11-5-3-4-6-12(11)20-10-9-15-8-7-13(14-15)16(17)18/h3-8H,2,9-10H2,1H3. The number of hydrogen-bond acceptors (Lipinski definition) is 5. The molecule has 0 aliphatic rings. The highest BCUT2D eigenvalue weighted by atomic mass is 16.6. The Morgan fingerprint density at radius 3 is 2.55 bits per heavy atom. The first-order chi connectivity index (χ1) is 9.70. The van der Waals surface area contributed by atoms with Gasteiger partial charge in [-0.15, -0.1) is 0 Å². The predicted octanol–water partition coefficient (Wildman–Crippen LogP) is 2.27. The van der Waals surface area contributed by atoms with E-state index in [9.17, 15) is 10.1 Å². The summed E-state index contributed by atoms with van der Waals surface area (Å²) in [5, 5.41) is 14.3. The summed E-state index contributed by atoms with van der Waals surface area (Å²) in [5.74, 6) is 1.16. The fourth-order valence-electron chi connectivity index (χ4n) is 1.67. The normalized spacial score (nSPS) is 10.2. The number of benzene rings is 1. The maximum absolute atomic E-state index is 10.5. The molecule has 1 aromatic carbocycles. The van der Waals surface area contributed by atoms with Gasteiger partial charge in [-0.2, -0.15) is 4.68 Å². The van der Waals surface area contributed by atoms with Crippen molar-refractivity contribution in [1.29, 1.82) is 0 Å². The van der Waals surface area contributed by atoms with E-state index in [2.05, 4.69) is 5.10 Å². The third-order valence-electron chi connectivity index (χ3n) is 2.54. The molecule has 0 bridgehead atoms. The van der Waals surface area contributed by atoms with Crippen LogP contribution in [0.5, 0.6) is 11.5 Å². The third kappa shape index (κ3) is 3.47. The van der Waals surface area contributed by atoms with Crippen molar-refractivity contribution in [1.82, 2.24) is 9.78 Å². The van der Waals surface area contributed by atoms with Crippen LogP contribution < -0.4 is 9.47 Å². The summed E-state index contributed by atoms with van der Waals surface area (Å²) in [5.41, 5.74) is 0. The van der Waals surface area contributed by atoms with Crippen LogP contribution in [0.25, 0.3) is 0 Å². The van der Waals surface area contributed by atoms with E-state index in [1.54, 1.807) is 6.20 Å². The number of aromatic nitrogens is 2. The molecule has 0 atom stereocenters. The van der Waals surface area contributed by atoms with E-state index in [1.807, 2.05) is 31.2 Å². The minimum atomic E-state index is -0.526. The van der Waals surface area contributed by atoms with Crippen molar-refractivity contribution in [2.75, 3.05) is 13.2 Å². The van der Waals surface area contributed by atoms with Gasteiger partial charge >= 0.3 is 5.82 Å². The Hall–Kier alpha value is -2.57. The van der Waals surface area contributed by atoms with Gasteiger partial charge in [-0.3, -0.25) is 0 Å². The molecular formula is C13H15N3O4. The molecule has 2 aromatic rings. The fourth-order valence-corrected chi connectivity index (χ4v) is 1.67. The minimum absolute atomic E-state index is 0.167. The number of ether oxygens (including phenoxy) is 2. The maximum Gasteiger partial charge on any atom is 0.389 e. The first kappa shape index (κ1) is 13.9. The summed E-state index contributed by atoms with van der Waals surface area (Å²) in [6.45, 7) is 3.24. The molecule has 106 valence electrons. The highest BCUT2D eigenvalue weighted by Crippen LogP contribution is 2.26. The minimum Gasteiger partial charge on any atom is -0.490 e. The Bertz CT molecular complexity index is 583. The summed E-state index contributed by atoms with van der Waals surface area (Å²) in [6, 6.07) is 8.73. The second-order valence-corrected chi connectivity index (χ2v) is 3.92. The number of hydrogen-bond donors (Lipinski definition) is 0. The van der Waals surface area contributed by atoms with Crippen molar-refractivity contribution < 1.29 is 14.4 Å². The molecule has 1 aromatic heterocycles. The lowest BCUT2D eigenvalue weighted by Gasteiger charge is -2.10. The maximum atomic E-state index is 10.5. The van der Waals surface area contributed by atoms with Crippen LogP contribution in [0, 0.1) is 10.1 Å². The van der Waals surface area contributed by atoms with Gasteiger partial charge in [0.15, 0.2) is 11.5 Å². The van der Waals surface area contributed by atoms with Gasteiger partial charge in [0.1, 0.15) is 6.61 Å². The SMILES string of the molecule is CCOc1ccccc1OCCn1ccc([N+](=O)[O-])n1. The van der Waals surface area contributed by atoms with Crippen LogP contribution in [0.1, 0.15) is 6.92 Å². The zero-order chi connectivity index (χ0) is 14.4. The molecule has 0 spiro atoms. The highest BCUT2D eigenvalue weighted by molar-refractivity contribution is 5.39. The topological polar surface area (TPSA) is 79.4 Å². The predicted molar refractivity (Wildman–Crippen MR) is 72.0 cm³/mol. The van der Waals surface area contributed by atoms with Gasteiger partial charge in [-0.05, 0) is 24.0 Å². The highest BCUT2D eigenvalue weighted by Gasteiger charge is 2.10. The molecule has 0 aliphatic carbocycles. The van der Waals surface area contributed by atoms with Crippen molar-refractivity contribution in [2.24, 2.45) is 0 Å². The molecule has 0 saturated heterocycles. The summed E-state index contributed by atoms with van der Waals surface area (Å²) in [7, 11) is 0. The Morgan fingerprint density at radius 1 is 1.25 bits per heavy atom. The number of para-hydroxylation sites is 2. The van der Waals surface area contributed by atoms with Crippen molar-refractivity contribution in [3.8, 4) is 11.5 Å². The summed E-state index contributed by atoms with van der Waals surface area (Å²) < 4.78 is 12.5. The van der Waals surface area contributed by atoms with Gasteiger partial charge in [0.2, 0.25) is 0 Å². The smallest absolute Gasteiger partial charge is 0.389 e. The summed E-state index contributed by atoms with van der Waals surface area (Å²) in [6.07, 6.45) is 1.55. The van der Waals surface area contributed by atoms with Crippen LogP contribution in [-0.2, 0) is 6.54 Å². The number of nitro groups is 1. The van der Waals surface area contributed by atoms with Crippen molar-refractivity contribution >= 4 is 5.82 Å². The molecule has 0 fully saturated rings. The first-order valence-corrected chi connectivity index (χ1v) is 6.23. The average Bonchev–Trinajstić information content (AvgIpc) is 2.90. The lowest BCUT2D eigenvalue weighted by atomic mass is 10.3. The van der Waals surface area contributed by atoms with E-state index in [1.165, 1.54) is 10.7 Å². The second-order valence-electron chi connectivity index (χ2n) is 3.92. The average molecular weight is 277 g/mol. The van der Waals surface area contributed by atoms with Gasteiger partial charge < -0.3 is 19.6 Å². The molecule has 7 heteroatoms. The fraction of sp³-hybridized carbons (Fsp3) is 0.308. The lowest BCUT2D eigenvalue weighted by Crippen LogP contribution is -2.09. The lowest BCUT2D eigenvalue weighted by molar-refractivity contribution is -0.389. The molecule has 0 radical (unpaired) electrons. The van der Waals surface area contributed by atoms with E-state index < -0.39 is 4.92 Å². The zero-order valence-electron chi connectivity index (χ0n) is 11.1. The quantitative estimate of drug-likeness (QED) is 0.573. The molecule has 0 saturated carbocycles. The molecule has 7 nitrogen and oxygen atoms in total. The van der Waals surface area contributed by atoms with Gasteiger partial charge in [0.05, 0.1) is 30.5 Å². The molecule has 0 amide bonds. The van der Waals surface area contributed by atoms with E-state index >= 15 is 0 Å². The molecule has 1 heterocycles. The molecule has 0 N–H and O–H groups in total. The molecule has 0 unspecified atom stereocenters. The van der Waals surface area contributed by atoms with Crippen LogP contribution >= 0.6 is 0 Å². The first-order valence-electron chi connectivity index (χ1n) is 6.23. The van der Waals surface area contributed by atoms with Crippen molar-refractivity contribution in [3.63, 3.8) is 0 Å². The Morgan fingerprint density at radius 2 is 1.95 bits per heavy atom. The molecule has 0 aliphatic heterocycles. The van der Waals surface area contributed by atoms with Crippen LogP contribution in [0.15, 0.2) is 36.5 Å². The molecule has 20 heavy (non-hydrogen) atoms. The van der Waals surface area contributed by atoms with E-state index in [4.69, 9.17) is 9.47 Å². The van der Waals surface area contributed by atoms with Gasteiger partial charge in [0.25, 0.3) is 0 Å². The number of nitrogens with zero attached hydrogens (tertiary/aromatic N) is 3. The van der Waals surface area contributed by atoms with E-state index in [0.29, 0.717) is 31.3 Å². The Balaban J connectivity index is 1.90. The Labute approximate surface area is 115 Å². The van der Waals surface area contributed by atoms with Crippen LogP contribution in [0.2, 0.25) is 0 Å². The molecular weight excluding hydrogens is 262 g/mol. The summed E-state index contributed by atoms with van der Waals surface area (Å²) in [4.78, 5) is 9.98. The largest absolute Gasteiger partial charge is 0.490 e.